The predicted octanol–water partition coefficient (Wildman–Crippen LogP) is 2.64. The van der Waals surface area contributed by atoms with Gasteiger partial charge in [-0.3, -0.25) is 0 Å². The van der Waals surface area contributed by atoms with Crippen LogP contribution in [0.15, 0.2) is 12.1 Å². The number of hydrogen-bond acceptors (Lipinski definition) is 4. The van der Waals surface area contributed by atoms with Gasteiger partial charge in [0.2, 0.25) is 5.88 Å². The molecular weight excluding hydrogens is 240 g/mol. The van der Waals surface area contributed by atoms with Crippen molar-refractivity contribution in [3.05, 3.63) is 23.4 Å². The Bertz CT molecular complexity index is 386. The maximum absolute atomic E-state index is 5.72. The first kappa shape index (κ1) is 15.9. The molecule has 0 saturated heterocycles. The second kappa shape index (κ2) is 7.46. The van der Waals surface area contributed by atoms with Crippen molar-refractivity contribution >= 4 is 0 Å². The summed E-state index contributed by atoms with van der Waals surface area (Å²) in [4.78, 5) is 4.54. The monoisotopic (exact) mass is 266 g/mol. The molecule has 0 aromatic carbocycles. The number of aromatic nitrogens is 1. The number of pyridine rings is 1. The Labute approximate surface area is 116 Å². The van der Waals surface area contributed by atoms with Crippen molar-refractivity contribution < 1.29 is 9.47 Å². The van der Waals surface area contributed by atoms with E-state index in [9.17, 15) is 0 Å². The average molecular weight is 266 g/mol. The SMILES string of the molecule is CCCOCCOc1cc(CN)cc(C(C)(C)C)n1. The number of rotatable bonds is 7. The molecular formula is C15H26N2O2. The van der Waals surface area contributed by atoms with E-state index in [4.69, 9.17) is 15.2 Å². The van der Waals surface area contributed by atoms with Crippen LogP contribution in [-0.4, -0.2) is 24.8 Å². The van der Waals surface area contributed by atoms with Gasteiger partial charge in [-0.25, -0.2) is 4.98 Å². The first-order chi connectivity index (χ1) is 8.97. The van der Waals surface area contributed by atoms with Crippen molar-refractivity contribution in [3.63, 3.8) is 0 Å². The zero-order valence-corrected chi connectivity index (χ0v) is 12.5. The summed E-state index contributed by atoms with van der Waals surface area (Å²) in [6, 6.07) is 3.94. The largest absolute Gasteiger partial charge is 0.475 e. The standard InChI is InChI=1S/C15H26N2O2/c1-5-6-18-7-8-19-14-10-12(11-16)9-13(17-14)15(2,3)4/h9-10H,5-8,11,16H2,1-4H3. The van der Waals surface area contributed by atoms with Crippen molar-refractivity contribution in [1.29, 1.82) is 0 Å². The molecule has 0 unspecified atom stereocenters. The Morgan fingerprint density at radius 3 is 2.47 bits per heavy atom. The minimum Gasteiger partial charge on any atom is -0.475 e. The number of nitrogens with zero attached hydrogens (tertiary/aromatic N) is 1. The highest BCUT2D eigenvalue weighted by atomic mass is 16.5. The number of nitrogens with two attached hydrogens (primary N) is 1. The molecule has 1 heterocycles. The van der Waals surface area contributed by atoms with Crippen molar-refractivity contribution in [1.82, 2.24) is 4.98 Å². The fourth-order valence-electron chi connectivity index (χ4n) is 1.59. The van der Waals surface area contributed by atoms with Crippen LogP contribution in [0.1, 0.15) is 45.4 Å². The molecule has 0 aliphatic heterocycles. The van der Waals surface area contributed by atoms with Crippen LogP contribution in [0.5, 0.6) is 5.88 Å². The Balaban J connectivity index is 2.67. The first-order valence-corrected chi connectivity index (χ1v) is 6.89. The molecule has 108 valence electrons. The summed E-state index contributed by atoms with van der Waals surface area (Å²) < 4.78 is 11.0. The molecule has 0 amide bonds. The van der Waals surface area contributed by atoms with Crippen LogP contribution in [0.2, 0.25) is 0 Å². The minimum atomic E-state index is -0.0119. The van der Waals surface area contributed by atoms with Gasteiger partial charge in [0.1, 0.15) is 6.61 Å². The molecule has 0 spiro atoms. The fraction of sp³-hybridized carbons (Fsp3) is 0.667. The molecule has 19 heavy (non-hydrogen) atoms. The molecule has 0 saturated carbocycles. The summed E-state index contributed by atoms with van der Waals surface area (Å²) in [6.07, 6.45) is 1.02. The number of ether oxygens (including phenoxy) is 2. The van der Waals surface area contributed by atoms with Crippen LogP contribution >= 0.6 is 0 Å². The van der Waals surface area contributed by atoms with Crippen molar-refractivity contribution in [2.45, 2.75) is 46.1 Å². The summed E-state index contributed by atoms with van der Waals surface area (Å²) in [5.74, 6) is 0.632. The van der Waals surface area contributed by atoms with Gasteiger partial charge in [0.15, 0.2) is 0 Å². The van der Waals surface area contributed by atoms with Gasteiger partial charge in [0.05, 0.1) is 12.3 Å². The van der Waals surface area contributed by atoms with Gasteiger partial charge < -0.3 is 15.2 Å². The Morgan fingerprint density at radius 1 is 1.16 bits per heavy atom. The van der Waals surface area contributed by atoms with E-state index >= 15 is 0 Å². The number of hydrogen-bond donors (Lipinski definition) is 1. The normalized spacial score (nSPS) is 11.6. The Kier molecular flexibility index (Phi) is 6.25. The lowest BCUT2D eigenvalue weighted by Gasteiger charge is -2.19. The molecule has 1 rings (SSSR count). The molecule has 1 aromatic heterocycles. The zero-order valence-electron chi connectivity index (χ0n) is 12.5. The van der Waals surface area contributed by atoms with E-state index in [0.29, 0.717) is 25.6 Å². The van der Waals surface area contributed by atoms with E-state index < -0.39 is 0 Å². The second-order valence-electron chi connectivity index (χ2n) is 5.61. The van der Waals surface area contributed by atoms with Gasteiger partial charge in [-0.1, -0.05) is 27.7 Å². The van der Waals surface area contributed by atoms with E-state index in [2.05, 4.69) is 32.7 Å². The third-order valence-electron chi connectivity index (χ3n) is 2.69. The van der Waals surface area contributed by atoms with Gasteiger partial charge in [0, 0.05) is 24.6 Å². The second-order valence-corrected chi connectivity index (χ2v) is 5.61. The Hall–Kier alpha value is -1.13. The summed E-state index contributed by atoms with van der Waals surface area (Å²) >= 11 is 0. The summed E-state index contributed by atoms with van der Waals surface area (Å²) in [5, 5.41) is 0. The summed E-state index contributed by atoms with van der Waals surface area (Å²) in [5.41, 5.74) is 7.75. The smallest absolute Gasteiger partial charge is 0.213 e. The highest BCUT2D eigenvalue weighted by molar-refractivity contribution is 5.28. The molecule has 4 nitrogen and oxygen atoms in total. The molecule has 0 bridgehead atoms. The molecule has 0 fully saturated rings. The van der Waals surface area contributed by atoms with Gasteiger partial charge >= 0.3 is 0 Å². The maximum Gasteiger partial charge on any atom is 0.213 e. The maximum atomic E-state index is 5.72. The van der Waals surface area contributed by atoms with E-state index in [0.717, 1.165) is 24.3 Å². The zero-order chi connectivity index (χ0) is 14.3. The topological polar surface area (TPSA) is 57.4 Å². The third kappa shape index (κ3) is 5.57. The molecule has 4 heteroatoms. The third-order valence-corrected chi connectivity index (χ3v) is 2.69. The van der Waals surface area contributed by atoms with Crippen molar-refractivity contribution in [3.8, 4) is 5.88 Å². The van der Waals surface area contributed by atoms with Crippen molar-refractivity contribution in [2.75, 3.05) is 19.8 Å². The predicted molar refractivity (Wildman–Crippen MR) is 77.4 cm³/mol. The molecule has 0 radical (unpaired) electrons. The van der Waals surface area contributed by atoms with E-state index in [1.807, 2.05) is 12.1 Å². The minimum absolute atomic E-state index is 0.0119. The summed E-state index contributed by atoms with van der Waals surface area (Å²) in [6.45, 7) is 10.8. The van der Waals surface area contributed by atoms with Crippen LogP contribution in [0.4, 0.5) is 0 Å². The lowest BCUT2D eigenvalue weighted by atomic mass is 9.91. The van der Waals surface area contributed by atoms with Gasteiger partial charge in [-0.05, 0) is 18.1 Å². The highest BCUT2D eigenvalue weighted by Gasteiger charge is 2.17. The lowest BCUT2D eigenvalue weighted by Crippen LogP contribution is -2.16. The highest BCUT2D eigenvalue weighted by Crippen LogP contribution is 2.24. The van der Waals surface area contributed by atoms with Crippen LogP contribution in [0.25, 0.3) is 0 Å². The van der Waals surface area contributed by atoms with E-state index in [1.54, 1.807) is 0 Å². The average Bonchev–Trinajstić information content (AvgIpc) is 2.37. The Morgan fingerprint density at radius 2 is 1.89 bits per heavy atom. The van der Waals surface area contributed by atoms with Gasteiger partial charge in [-0.2, -0.15) is 0 Å². The molecule has 0 aliphatic rings. The van der Waals surface area contributed by atoms with Crippen molar-refractivity contribution in [2.24, 2.45) is 5.73 Å². The van der Waals surface area contributed by atoms with E-state index in [-0.39, 0.29) is 5.41 Å². The van der Waals surface area contributed by atoms with Crippen LogP contribution in [0.3, 0.4) is 0 Å². The first-order valence-electron chi connectivity index (χ1n) is 6.89. The summed E-state index contributed by atoms with van der Waals surface area (Å²) in [7, 11) is 0. The van der Waals surface area contributed by atoms with E-state index in [1.165, 1.54) is 0 Å². The molecule has 2 N–H and O–H groups in total. The van der Waals surface area contributed by atoms with Crippen LogP contribution in [0, 0.1) is 0 Å². The van der Waals surface area contributed by atoms with Gasteiger partial charge in [0.25, 0.3) is 0 Å². The molecule has 0 aliphatic carbocycles. The van der Waals surface area contributed by atoms with Gasteiger partial charge in [-0.15, -0.1) is 0 Å². The molecule has 1 aromatic rings. The lowest BCUT2D eigenvalue weighted by molar-refractivity contribution is 0.0988. The molecule has 0 atom stereocenters. The van der Waals surface area contributed by atoms with Crippen LogP contribution in [-0.2, 0) is 16.7 Å². The quantitative estimate of drug-likeness (QED) is 0.771. The van der Waals surface area contributed by atoms with Crippen LogP contribution < -0.4 is 10.5 Å². The fourth-order valence-corrected chi connectivity index (χ4v) is 1.59.